The van der Waals surface area contributed by atoms with Gasteiger partial charge in [0, 0.05) is 11.6 Å². The molecule has 0 spiro atoms. The second kappa shape index (κ2) is 8.38. The lowest BCUT2D eigenvalue weighted by Gasteiger charge is -2.19. The van der Waals surface area contributed by atoms with Crippen molar-refractivity contribution in [3.8, 4) is 11.5 Å². The number of methoxy groups -OCH3 is 1. The van der Waals surface area contributed by atoms with Crippen LogP contribution in [0, 0.1) is 0 Å². The quantitative estimate of drug-likeness (QED) is 0.416. The Labute approximate surface area is 130 Å². The number of carbonyl (C=O) groups is 2. The largest absolute Gasteiger partial charge is 0.497 e. The highest BCUT2D eigenvalue weighted by atomic mass is 16.6. The molecule has 6 nitrogen and oxygen atoms in total. The predicted molar refractivity (Wildman–Crippen MR) is 80.5 cm³/mol. The van der Waals surface area contributed by atoms with E-state index in [1.807, 2.05) is 0 Å². The lowest BCUT2D eigenvalue weighted by molar-refractivity contribution is -0.160. The Morgan fingerprint density at radius 1 is 1.14 bits per heavy atom. The van der Waals surface area contributed by atoms with Gasteiger partial charge in [0.05, 0.1) is 13.7 Å². The van der Waals surface area contributed by atoms with Crippen LogP contribution >= 0.6 is 0 Å². The summed E-state index contributed by atoms with van der Waals surface area (Å²) in [7, 11) is 1.51. The van der Waals surface area contributed by atoms with Crippen LogP contribution in [-0.4, -0.2) is 44.8 Å². The van der Waals surface area contributed by atoms with E-state index in [9.17, 15) is 9.59 Å². The number of carbonyl (C=O) groups excluding carboxylic acids is 2. The molecule has 1 aromatic rings. The van der Waals surface area contributed by atoms with Crippen LogP contribution in [0.2, 0.25) is 0 Å². The van der Waals surface area contributed by atoms with Gasteiger partial charge in [-0.25, -0.2) is 4.79 Å². The van der Waals surface area contributed by atoms with E-state index in [1.54, 1.807) is 39.0 Å². The van der Waals surface area contributed by atoms with Crippen molar-refractivity contribution in [3.05, 3.63) is 23.8 Å². The van der Waals surface area contributed by atoms with Gasteiger partial charge < -0.3 is 18.9 Å². The van der Waals surface area contributed by atoms with Crippen molar-refractivity contribution >= 4 is 12.3 Å². The SMILES string of the molecule is COc1cc(C=O)cc(OCCOCC(=O)OC(C)(C)C)c1. The van der Waals surface area contributed by atoms with Crippen LogP contribution in [0.15, 0.2) is 18.2 Å². The van der Waals surface area contributed by atoms with Crippen molar-refractivity contribution < 1.29 is 28.5 Å². The van der Waals surface area contributed by atoms with Crippen molar-refractivity contribution in [1.82, 2.24) is 0 Å². The molecule has 0 aliphatic carbocycles. The Morgan fingerprint density at radius 3 is 2.41 bits per heavy atom. The van der Waals surface area contributed by atoms with E-state index in [2.05, 4.69) is 0 Å². The molecular weight excluding hydrogens is 288 g/mol. The Morgan fingerprint density at radius 2 is 1.82 bits per heavy atom. The molecule has 0 radical (unpaired) electrons. The van der Waals surface area contributed by atoms with Gasteiger partial charge in [0.25, 0.3) is 0 Å². The number of benzene rings is 1. The van der Waals surface area contributed by atoms with E-state index in [-0.39, 0.29) is 19.8 Å². The highest BCUT2D eigenvalue weighted by Gasteiger charge is 2.15. The minimum absolute atomic E-state index is 0.127. The first-order valence-corrected chi connectivity index (χ1v) is 6.90. The molecule has 1 aromatic carbocycles. The molecule has 0 N–H and O–H groups in total. The molecule has 1 rings (SSSR count). The zero-order valence-corrected chi connectivity index (χ0v) is 13.4. The monoisotopic (exact) mass is 310 g/mol. The zero-order valence-electron chi connectivity index (χ0n) is 13.4. The summed E-state index contributed by atoms with van der Waals surface area (Å²) in [5.41, 5.74) is -0.0630. The number of hydrogen-bond donors (Lipinski definition) is 0. The van der Waals surface area contributed by atoms with Crippen LogP contribution < -0.4 is 9.47 Å². The maximum atomic E-state index is 11.4. The fourth-order valence-corrected chi connectivity index (χ4v) is 1.61. The van der Waals surface area contributed by atoms with E-state index < -0.39 is 11.6 Å². The third-order valence-electron chi connectivity index (χ3n) is 2.41. The number of hydrogen-bond acceptors (Lipinski definition) is 6. The van der Waals surface area contributed by atoms with Gasteiger partial charge in [-0.3, -0.25) is 4.79 Å². The maximum Gasteiger partial charge on any atom is 0.332 e. The summed E-state index contributed by atoms with van der Waals surface area (Å²) in [6.45, 7) is 5.73. The molecule has 22 heavy (non-hydrogen) atoms. The minimum Gasteiger partial charge on any atom is -0.497 e. The average molecular weight is 310 g/mol. The van der Waals surface area contributed by atoms with Crippen LogP contribution in [0.4, 0.5) is 0 Å². The third-order valence-corrected chi connectivity index (χ3v) is 2.41. The summed E-state index contributed by atoms with van der Waals surface area (Å²) in [5, 5.41) is 0. The van der Waals surface area contributed by atoms with E-state index in [0.29, 0.717) is 23.3 Å². The number of esters is 1. The number of aldehydes is 1. The highest BCUT2D eigenvalue weighted by molar-refractivity contribution is 5.76. The second-order valence-electron chi connectivity index (χ2n) is 5.55. The minimum atomic E-state index is -0.525. The van der Waals surface area contributed by atoms with Crippen LogP contribution in [0.25, 0.3) is 0 Å². The van der Waals surface area contributed by atoms with Gasteiger partial charge >= 0.3 is 5.97 Å². The summed E-state index contributed by atoms with van der Waals surface area (Å²) >= 11 is 0. The fraction of sp³-hybridized carbons (Fsp3) is 0.500. The molecule has 0 unspecified atom stereocenters. The predicted octanol–water partition coefficient (Wildman–Crippen LogP) is 2.24. The van der Waals surface area contributed by atoms with Gasteiger partial charge in [-0.2, -0.15) is 0 Å². The van der Waals surface area contributed by atoms with Crippen molar-refractivity contribution in [2.24, 2.45) is 0 Å². The fourth-order valence-electron chi connectivity index (χ4n) is 1.61. The molecule has 122 valence electrons. The molecule has 0 saturated heterocycles. The molecule has 0 aliphatic rings. The van der Waals surface area contributed by atoms with Gasteiger partial charge in [-0.05, 0) is 32.9 Å². The molecule has 0 saturated carbocycles. The Kier molecular flexibility index (Phi) is 6.85. The standard InChI is InChI=1S/C16H22O6/c1-16(2,3)22-15(18)11-20-5-6-21-14-8-12(10-17)7-13(9-14)19-4/h7-10H,5-6,11H2,1-4H3. The van der Waals surface area contributed by atoms with E-state index in [1.165, 1.54) is 7.11 Å². The lowest BCUT2D eigenvalue weighted by Crippen LogP contribution is -2.27. The molecule has 0 fully saturated rings. The second-order valence-corrected chi connectivity index (χ2v) is 5.55. The van der Waals surface area contributed by atoms with Crippen molar-refractivity contribution in [2.45, 2.75) is 26.4 Å². The molecule has 0 aliphatic heterocycles. The van der Waals surface area contributed by atoms with Crippen LogP contribution in [-0.2, 0) is 14.3 Å². The highest BCUT2D eigenvalue weighted by Crippen LogP contribution is 2.21. The maximum absolute atomic E-state index is 11.4. The zero-order chi connectivity index (χ0) is 16.6. The number of ether oxygens (including phenoxy) is 4. The van der Waals surface area contributed by atoms with Crippen molar-refractivity contribution in [3.63, 3.8) is 0 Å². The lowest BCUT2D eigenvalue weighted by atomic mass is 10.2. The first-order chi connectivity index (χ1) is 10.3. The smallest absolute Gasteiger partial charge is 0.332 e. The Balaban J connectivity index is 2.33. The topological polar surface area (TPSA) is 71.1 Å². The van der Waals surface area contributed by atoms with Gasteiger partial charge in [-0.1, -0.05) is 0 Å². The van der Waals surface area contributed by atoms with E-state index in [4.69, 9.17) is 18.9 Å². The van der Waals surface area contributed by atoms with E-state index >= 15 is 0 Å². The summed E-state index contributed by atoms with van der Waals surface area (Å²) in [4.78, 5) is 22.2. The first-order valence-electron chi connectivity index (χ1n) is 6.90. The van der Waals surface area contributed by atoms with Gasteiger partial charge in [0.15, 0.2) is 0 Å². The number of rotatable bonds is 8. The third kappa shape index (κ3) is 7.08. The Hall–Kier alpha value is -2.08. The van der Waals surface area contributed by atoms with Gasteiger partial charge in [-0.15, -0.1) is 0 Å². The summed E-state index contributed by atoms with van der Waals surface area (Å²) in [6, 6.07) is 4.88. The van der Waals surface area contributed by atoms with Crippen molar-refractivity contribution in [2.75, 3.05) is 26.9 Å². The molecule has 0 atom stereocenters. The molecule has 0 heterocycles. The van der Waals surface area contributed by atoms with E-state index in [0.717, 1.165) is 0 Å². The summed E-state index contributed by atoms with van der Waals surface area (Å²) < 4.78 is 20.8. The summed E-state index contributed by atoms with van der Waals surface area (Å²) in [6.07, 6.45) is 0.717. The molecule has 6 heteroatoms. The molecular formula is C16H22O6. The molecule has 0 bridgehead atoms. The summed E-state index contributed by atoms with van der Waals surface area (Å²) in [5.74, 6) is 0.619. The van der Waals surface area contributed by atoms with Crippen molar-refractivity contribution in [1.29, 1.82) is 0 Å². The Bertz CT molecular complexity index is 504. The van der Waals surface area contributed by atoms with Crippen LogP contribution in [0.5, 0.6) is 11.5 Å². The normalized spacial score (nSPS) is 10.9. The van der Waals surface area contributed by atoms with Gasteiger partial charge in [0.2, 0.25) is 0 Å². The molecule has 0 amide bonds. The van der Waals surface area contributed by atoms with Crippen LogP contribution in [0.1, 0.15) is 31.1 Å². The van der Waals surface area contributed by atoms with Crippen LogP contribution in [0.3, 0.4) is 0 Å². The molecule has 0 aromatic heterocycles. The first kappa shape index (κ1) is 18.0. The average Bonchev–Trinajstić information content (AvgIpc) is 2.44. The van der Waals surface area contributed by atoms with Gasteiger partial charge in [0.1, 0.15) is 36.6 Å².